The number of benzene rings is 2. The van der Waals surface area contributed by atoms with Gasteiger partial charge in [0.2, 0.25) is 5.91 Å². The molecule has 0 aliphatic carbocycles. The van der Waals surface area contributed by atoms with Crippen LogP contribution in [0.5, 0.6) is 11.5 Å². The Kier molecular flexibility index (Phi) is 8.65. The van der Waals surface area contributed by atoms with Crippen LogP contribution in [-0.4, -0.2) is 31.5 Å². The molecule has 0 unspecified atom stereocenters. The van der Waals surface area contributed by atoms with Gasteiger partial charge in [0.25, 0.3) is 0 Å². The summed E-state index contributed by atoms with van der Waals surface area (Å²) in [6.45, 7) is 5.49. The SMILES string of the molecule is COc1cc(CC(=O)NCCCc2ccc(C)c(C)c2)ccc1OCCBr. The standard InChI is InChI=1S/C22H28BrNO3/c1-16-6-7-18(13-17(16)2)5-4-11-24-22(25)15-19-8-9-20(27-12-10-23)21(14-19)26-3/h6-9,13-14H,4-5,10-12,15H2,1-3H3,(H,24,25). The largest absolute Gasteiger partial charge is 0.493 e. The Labute approximate surface area is 170 Å². The molecule has 1 amide bonds. The first-order valence-electron chi connectivity index (χ1n) is 9.22. The molecular weight excluding hydrogens is 406 g/mol. The lowest BCUT2D eigenvalue weighted by molar-refractivity contribution is -0.120. The molecule has 27 heavy (non-hydrogen) atoms. The van der Waals surface area contributed by atoms with Gasteiger partial charge < -0.3 is 14.8 Å². The number of carbonyl (C=O) groups excluding carboxylic acids is 1. The molecule has 1 N–H and O–H groups in total. The normalized spacial score (nSPS) is 10.5. The third-order valence-electron chi connectivity index (χ3n) is 4.46. The second-order valence-corrected chi connectivity index (χ2v) is 7.36. The van der Waals surface area contributed by atoms with Gasteiger partial charge in [0, 0.05) is 11.9 Å². The summed E-state index contributed by atoms with van der Waals surface area (Å²) in [5, 5.41) is 3.75. The van der Waals surface area contributed by atoms with E-state index < -0.39 is 0 Å². The maximum Gasteiger partial charge on any atom is 0.224 e. The summed E-state index contributed by atoms with van der Waals surface area (Å²) in [5.41, 5.74) is 4.85. The van der Waals surface area contributed by atoms with Crippen LogP contribution in [0.2, 0.25) is 0 Å². The van der Waals surface area contributed by atoms with Crippen molar-refractivity contribution in [1.29, 1.82) is 0 Å². The Morgan fingerprint density at radius 1 is 1.04 bits per heavy atom. The number of rotatable bonds is 10. The summed E-state index contributed by atoms with van der Waals surface area (Å²) in [7, 11) is 1.60. The average Bonchev–Trinajstić information content (AvgIpc) is 2.66. The quantitative estimate of drug-likeness (QED) is 0.446. The fourth-order valence-corrected chi connectivity index (χ4v) is 2.98. The number of aryl methyl sites for hydroxylation is 3. The first-order valence-corrected chi connectivity index (χ1v) is 10.3. The maximum atomic E-state index is 12.2. The van der Waals surface area contributed by atoms with Crippen molar-refractivity contribution in [1.82, 2.24) is 5.32 Å². The molecule has 0 saturated heterocycles. The zero-order valence-electron chi connectivity index (χ0n) is 16.3. The second kappa shape index (κ2) is 11.0. The fraction of sp³-hybridized carbons (Fsp3) is 0.409. The van der Waals surface area contributed by atoms with Crippen molar-refractivity contribution in [3.05, 3.63) is 58.7 Å². The average molecular weight is 434 g/mol. The molecule has 0 aliphatic heterocycles. The molecule has 0 spiro atoms. The van der Waals surface area contributed by atoms with Gasteiger partial charge in [0.05, 0.1) is 20.1 Å². The number of amides is 1. The number of halogens is 1. The van der Waals surface area contributed by atoms with Crippen molar-refractivity contribution >= 4 is 21.8 Å². The number of alkyl halides is 1. The van der Waals surface area contributed by atoms with E-state index in [0.29, 0.717) is 31.1 Å². The maximum absolute atomic E-state index is 12.2. The van der Waals surface area contributed by atoms with Crippen molar-refractivity contribution in [2.75, 3.05) is 25.6 Å². The molecule has 0 fully saturated rings. The van der Waals surface area contributed by atoms with Gasteiger partial charge in [0.15, 0.2) is 11.5 Å². The summed E-state index contributed by atoms with van der Waals surface area (Å²) in [6.07, 6.45) is 2.23. The number of hydrogen-bond acceptors (Lipinski definition) is 3. The molecule has 0 bridgehead atoms. The van der Waals surface area contributed by atoms with Gasteiger partial charge >= 0.3 is 0 Å². The molecule has 0 saturated carbocycles. The van der Waals surface area contributed by atoms with E-state index in [1.807, 2.05) is 18.2 Å². The van der Waals surface area contributed by atoms with Gasteiger partial charge in [-0.1, -0.05) is 40.2 Å². The predicted octanol–water partition coefficient (Wildman–Crippen LogP) is 4.38. The summed E-state index contributed by atoms with van der Waals surface area (Å²) in [6, 6.07) is 12.2. The summed E-state index contributed by atoms with van der Waals surface area (Å²) >= 11 is 3.33. The molecule has 2 aromatic rings. The van der Waals surface area contributed by atoms with E-state index in [9.17, 15) is 4.79 Å². The van der Waals surface area contributed by atoms with E-state index in [-0.39, 0.29) is 5.91 Å². The number of ether oxygens (including phenoxy) is 2. The Bertz CT molecular complexity index is 761. The minimum Gasteiger partial charge on any atom is -0.493 e. The van der Waals surface area contributed by atoms with Gasteiger partial charge in [-0.05, 0) is 61.1 Å². The zero-order chi connectivity index (χ0) is 19.6. The summed E-state index contributed by atoms with van der Waals surface area (Å²) in [4.78, 5) is 12.2. The first-order chi connectivity index (χ1) is 13.0. The van der Waals surface area contributed by atoms with Gasteiger partial charge in [-0.3, -0.25) is 4.79 Å². The van der Waals surface area contributed by atoms with Gasteiger partial charge in [-0.2, -0.15) is 0 Å². The number of methoxy groups -OCH3 is 1. The zero-order valence-corrected chi connectivity index (χ0v) is 17.9. The lowest BCUT2D eigenvalue weighted by atomic mass is 10.0. The molecule has 0 aromatic heterocycles. The van der Waals surface area contributed by atoms with Crippen molar-refractivity contribution < 1.29 is 14.3 Å². The smallest absolute Gasteiger partial charge is 0.224 e. The van der Waals surface area contributed by atoms with Crippen molar-refractivity contribution in [3.63, 3.8) is 0 Å². The van der Waals surface area contributed by atoms with Crippen LogP contribution in [0.25, 0.3) is 0 Å². The van der Waals surface area contributed by atoms with Crippen LogP contribution in [0.3, 0.4) is 0 Å². The Morgan fingerprint density at radius 2 is 1.81 bits per heavy atom. The van der Waals surface area contributed by atoms with Crippen molar-refractivity contribution in [2.45, 2.75) is 33.1 Å². The number of nitrogens with one attached hydrogen (secondary N) is 1. The minimum absolute atomic E-state index is 0.0197. The third-order valence-corrected chi connectivity index (χ3v) is 4.79. The molecule has 4 nitrogen and oxygen atoms in total. The molecule has 5 heteroatoms. The minimum atomic E-state index is 0.0197. The monoisotopic (exact) mass is 433 g/mol. The van der Waals surface area contributed by atoms with E-state index in [2.05, 4.69) is 53.3 Å². The third kappa shape index (κ3) is 6.90. The van der Waals surface area contributed by atoms with Gasteiger partial charge in [0.1, 0.15) is 0 Å². The fourth-order valence-electron chi connectivity index (χ4n) is 2.82. The first kappa shape index (κ1) is 21.3. The molecule has 2 rings (SSSR count). The van der Waals surface area contributed by atoms with Crippen LogP contribution in [-0.2, 0) is 17.6 Å². The lowest BCUT2D eigenvalue weighted by Crippen LogP contribution is -2.26. The topological polar surface area (TPSA) is 47.6 Å². The highest BCUT2D eigenvalue weighted by atomic mass is 79.9. The Hall–Kier alpha value is -2.01. The van der Waals surface area contributed by atoms with Crippen LogP contribution < -0.4 is 14.8 Å². The second-order valence-electron chi connectivity index (χ2n) is 6.57. The van der Waals surface area contributed by atoms with Crippen LogP contribution in [0.4, 0.5) is 0 Å². The Morgan fingerprint density at radius 3 is 2.52 bits per heavy atom. The van der Waals surface area contributed by atoms with E-state index in [1.54, 1.807) is 7.11 Å². The number of carbonyl (C=O) groups is 1. The lowest BCUT2D eigenvalue weighted by Gasteiger charge is -2.12. The van der Waals surface area contributed by atoms with E-state index in [0.717, 1.165) is 23.7 Å². The van der Waals surface area contributed by atoms with Crippen molar-refractivity contribution in [3.8, 4) is 11.5 Å². The highest BCUT2D eigenvalue weighted by Gasteiger charge is 2.09. The highest BCUT2D eigenvalue weighted by Crippen LogP contribution is 2.28. The predicted molar refractivity (Wildman–Crippen MR) is 113 cm³/mol. The van der Waals surface area contributed by atoms with Crippen LogP contribution >= 0.6 is 15.9 Å². The van der Waals surface area contributed by atoms with Crippen LogP contribution in [0.1, 0.15) is 28.7 Å². The van der Waals surface area contributed by atoms with Crippen LogP contribution in [0.15, 0.2) is 36.4 Å². The molecule has 0 aliphatic rings. The van der Waals surface area contributed by atoms with Crippen molar-refractivity contribution in [2.24, 2.45) is 0 Å². The molecule has 0 radical (unpaired) electrons. The Balaban J connectivity index is 1.78. The highest BCUT2D eigenvalue weighted by molar-refractivity contribution is 9.09. The van der Waals surface area contributed by atoms with Gasteiger partial charge in [-0.15, -0.1) is 0 Å². The molecule has 146 valence electrons. The van der Waals surface area contributed by atoms with E-state index in [4.69, 9.17) is 9.47 Å². The molecular formula is C22H28BrNO3. The summed E-state index contributed by atoms with van der Waals surface area (Å²) in [5.74, 6) is 1.36. The van der Waals surface area contributed by atoms with Gasteiger partial charge in [-0.25, -0.2) is 0 Å². The van der Waals surface area contributed by atoms with E-state index >= 15 is 0 Å². The van der Waals surface area contributed by atoms with E-state index in [1.165, 1.54) is 16.7 Å². The molecule has 2 aromatic carbocycles. The molecule has 0 atom stereocenters. The molecule has 0 heterocycles. The number of hydrogen-bond donors (Lipinski definition) is 1. The summed E-state index contributed by atoms with van der Waals surface area (Å²) < 4.78 is 11.0. The van der Waals surface area contributed by atoms with Crippen LogP contribution in [0, 0.1) is 13.8 Å².